The average molecular weight is 286 g/mol. The van der Waals surface area contributed by atoms with Crippen LogP contribution >= 0.6 is 0 Å². The van der Waals surface area contributed by atoms with Crippen molar-refractivity contribution in [2.45, 2.75) is 33.3 Å². The van der Waals surface area contributed by atoms with Crippen LogP contribution in [-0.2, 0) is 4.74 Å². The number of pyridine rings is 1. The van der Waals surface area contributed by atoms with Gasteiger partial charge >= 0.3 is 0 Å². The minimum atomic E-state index is -0.0738. The minimum absolute atomic E-state index is 0.0738. The van der Waals surface area contributed by atoms with E-state index in [0.717, 1.165) is 23.0 Å². The number of rotatable bonds is 6. The number of nitrogens with one attached hydrogen (secondary N) is 1. The lowest BCUT2D eigenvalue weighted by Gasteiger charge is -2.10. The number of para-hydroxylation sites is 1. The van der Waals surface area contributed by atoms with E-state index >= 15 is 0 Å². The molecule has 0 unspecified atom stereocenters. The van der Waals surface area contributed by atoms with Gasteiger partial charge in [-0.15, -0.1) is 0 Å². The summed E-state index contributed by atoms with van der Waals surface area (Å²) in [5, 5.41) is 3.90. The molecule has 0 aliphatic heterocycles. The molecule has 4 heteroatoms. The Bertz CT molecular complexity index is 623. The van der Waals surface area contributed by atoms with Gasteiger partial charge in [-0.1, -0.05) is 18.2 Å². The Morgan fingerprint density at radius 1 is 1.33 bits per heavy atom. The van der Waals surface area contributed by atoms with Crippen LogP contribution in [0.5, 0.6) is 0 Å². The average Bonchev–Trinajstić information content (AvgIpc) is 2.45. The van der Waals surface area contributed by atoms with E-state index < -0.39 is 0 Å². The van der Waals surface area contributed by atoms with Crippen molar-refractivity contribution in [2.75, 3.05) is 13.2 Å². The standard InChI is InChI=1S/C17H22N2O2/c1-12(2)21-10-6-9-18-17(20)15-11-14-7-4-5-8-16(14)19-13(15)3/h4-5,7-8,11-12H,6,9-10H2,1-3H3,(H,18,20). The van der Waals surface area contributed by atoms with Gasteiger partial charge in [0.2, 0.25) is 0 Å². The van der Waals surface area contributed by atoms with E-state index in [-0.39, 0.29) is 12.0 Å². The number of fused-ring (bicyclic) bond motifs is 1. The molecule has 0 radical (unpaired) electrons. The number of aryl methyl sites for hydroxylation is 1. The lowest BCUT2D eigenvalue weighted by molar-refractivity contribution is 0.0757. The zero-order valence-electron chi connectivity index (χ0n) is 12.8. The number of aromatic nitrogens is 1. The molecular formula is C17H22N2O2. The van der Waals surface area contributed by atoms with Crippen LogP contribution in [0.25, 0.3) is 10.9 Å². The zero-order chi connectivity index (χ0) is 15.2. The maximum absolute atomic E-state index is 12.2. The number of hydrogen-bond acceptors (Lipinski definition) is 3. The highest BCUT2D eigenvalue weighted by atomic mass is 16.5. The summed E-state index contributed by atoms with van der Waals surface area (Å²) < 4.78 is 5.45. The second-order valence-electron chi connectivity index (χ2n) is 5.34. The Labute approximate surface area is 125 Å². The van der Waals surface area contributed by atoms with Gasteiger partial charge in [0, 0.05) is 18.5 Å². The zero-order valence-corrected chi connectivity index (χ0v) is 12.8. The SMILES string of the molecule is Cc1nc2ccccc2cc1C(=O)NCCCOC(C)C. The quantitative estimate of drug-likeness (QED) is 0.830. The number of carbonyl (C=O) groups excluding carboxylic acids is 1. The predicted molar refractivity (Wildman–Crippen MR) is 84.5 cm³/mol. The smallest absolute Gasteiger partial charge is 0.253 e. The molecule has 1 heterocycles. The number of hydrogen-bond donors (Lipinski definition) is 1. The van der Waals surface area contributed by atoms with Crippen molar-refractivity contribution < 1.29 is 9.53 Å². The molecule has 112 valence electrons. The molecule has 1 aromatic carbocycles. The molecule has 4 nitrogen and oxygen atoms in total. The summed E-state index contributed by atoms with van der Waals surface area (Å²) in [5.41, 5.74) is 2.31. The third kappa shape index (κ3) is 4.26. The van der Waals surface area contributed by atoms with Crippen LogP contribution in [0.2, 0.25) is 0 Å². The van der Waals surface area contributed by atoms with Crippen LogP contribution in [0.15, 0.2) is 30.3 Å². The molecule has 0 saturated carbocycles. The first kappa shape index (κ1) is 15.4. The first-order valence-electron chi connectivity index (χ1n) is 7.34. The number of nitrogens with zero attached hydrogens (tertiary/aromatic N) is 1. The Balaban J connectivity index is 1.97. The summed E-state index contributed by atoms with van der Waals surface area (Å²) in [6.07, 6.45) is 1.04. The van der Waals surface area contributed by atoms with Gasteiger partial charge in [0.15, 0.2) is 0 Å². The van der Waals surface area contributed by atoms with E-state index in [4.69, 9.17) is 4.74 Å². The second-order valence-corrected chi connectivity index (χ2v) is 5.34. The first-order chi connectivity index (χ1) is 10.1. The number of ether oxygens (including phenoxy) is 1. The van der Waals surface area contributed by atoms with Gasteiger partial charge < -0.3 is 10.1 Å². The van der Waals surface area contributed by atoms with Crippen LogP contribution in [0.3, 0.4) is 0 Å². The van der Waals surface area contributed by atoms with Crippen molar-refractivity contribution in [3.8, 4) is 0 Å². The van der Waals surface area contributed by atoms with Crippen molar-refractivity contribution in [3.05, 3.63) is 41.6 Å². The van der Waals surface area contributed by atoms with E-state index in [1.807, 2.05) is 51.1 Å². The Morgan fingerprint density at radius 2 is 2.10 bits per heavy atom. The van der Waals surface area contributed by atoms with Gasteiger partial charge in [-0.2, -0.15) is 0 Å². The molecule has 1 amide bonds. The predicted octanol–water partition coefficient (Wildman–Crippen LogP) is 3.09. The summed E-state index contributed by atoms with van der Waals surface area (Å²) in [6.45, 7) is 7.14. The summed E-state index contributed by atoms with van der Waals surface area (Å²) >= 11 is 0. The Morgan fingerprint density at radius 3 is 2.86 bits per heavy atom. The molecule has 0 aliphatic rings. The summed E-state index contributed by atoms with van der Waals surface area (Å²) in [7, 11) is 0. The lowest BCUT2D eigenvalue weighted by Crippen LogP contribution is -2.26. The van der Waals surface area contributed by atoms with Crippen molar-refractivity contribution >= 4 is 16.8 Å². The molecule has 0 atom stereocenters. The molecule has 2 aromatic rings. The molecule has 1 N–H and O–H groups in total. The lowest BCUT2D eigenvalue weighted by atomic mass is 10.1. The number of benzene rings is 1. The highest BCUT2D eigenvalue weighted by Crippen LogP contribution is 2.16. The number of amides is 1. The summed E-state index contributed by atoms with van der Waals surface area (Å²) in [5.74, 6) is -0.0738. The van der Waals surface area contributed by atoms with Crippen molar-refractivity contribution in [3.63, 3.8) is 0 Å². The fourth-order valence-corrected chi connectivity index (χ4v) is 2.13. The molecule has 0 aliphatic carbocycles. The Hall–Kier alpha value is -1.94. The molecular weight excluding hydrogens is 264 g/mol. The molecule has 0 saturated heterocycles. The van der Waals surface area contributed by atoms with Crippen LogP contribution < -0.4 is 5.32 Å². The largest absolute Gasteiger partial charge is 0.379 e. The van der Waals surface area contributed by atoms with E-state index in [1.165, 1.54) is 0 Å². The molecule has 0 bridgehead atoms. The molecule has 0 fully saturated rings. The van der Waals surface area contributed by atoms with Crippen molar-refractivity contribution in [2.24, 2.45) is 0 Å². The maximum atomic E-state index is 12.2. The van der Waals surface area contributed by atoms with Gasteiger partial charge in [0.05, 0.1) is 22.9 Å². The fourth-order valence-electron chi connectivity index (χ4n) is 2.13. The van der Waals surface area contributed by atoms with Gasteiger partial charge in [0.25, 0.3) is 5.91 Å². The third-order valence-electron chi connectivity index (χ3n) is 3.22. The van der Waals surface area contributed by atoms with Crippen LogP contribution in [0, 0.1) is 6.92 Å². The molecule has 1 aromatic heterocycles. The number of carbonyl (C=O) groups is 1. The molecule has 0 spiro atoms. The van der Waals surface area contributed by atoms with Crippen LogP contribution in [0.4, 0.5) is 0 Å². The van der Waals surface area contributed by atoms with Gasteiger partial charge in [0.1, 0.15) is 0 Å². The summed E-state index contributed by atoms with van der Waals surface area (Å²) in [4.78, 5) is 16.7. The summed E-state index contributed by atoms with van der Waals surface area (Å²) in [6, 6.07) is 9.72. The van der Waals surface area contributed by atoms with E-state index in [9.17, 15) is 4.79 Å². The fraction of sp³-hybridized carbons (Fsp3) is 0.412. The molecule has 21 heavy (non-hydrogen) atoms. The second kappa shape index (κ2) is 7.18. The normalized spacial score (nSPS) is 11.0. The highest BCUT2D eigenvalue weighted by molar-refractivity contribution is 5.98. The Kier molecular flexibility index (Phi) is 5.28. The van der Waals surface area contributed by atoms with Gasteiger partial charge in [-0.05, 0) is 39.3 Å². The highest BCUT2D eigenvalue weighted by Gasteiger charge is 2.10. The maximum Gasteiger partial charge on any atom is 0.253 e. The topological polar surface area (TPSA) is 51.2 Å². The first-order valence-corrected chi connectivity index (χ1v) is 7.34. The van der Waals surface area contributed by atoms with Crippen LogP contribution in [-0.4, -0.2) is 30.1 Å². The van der Waals surface area contributed by atoms with E-state index in [0.29, 0.717) is 18.7 Å². The van der Waals surface area contributed by atoms with Crippen molar-refractivity contribution in [1.82, 2.24) is 10.3 Å². The van der Waals surface area contributed by atoms with E-state index in [1.54, 1.807) is 0 Å². The van der Waals surface area contributed by atoms with Crippen molar-refractivity contribution in [1.29, 1.82) is 0 Å². The molecule has 2 rings (SSSR count). The minimum Gasteiger partial charge on any atom is -0.379 e. The van der Waals surface area contributed by atoms with E-state index in [2.05, 4.69) is 10.3 Å². The van der Waals surface area contributed by atoms with Gasteiger partial charge in [-0.25, -0.2) is 0 Å². The van der Waals surface area contributed by atoms with Gasteiger partial charge in [-0.3, -0.25) is 9.78 Å². The third-order valence-corrected chi connectivity index (χ3v) is 3.22. The van der Waals surface area contributed by atoms with Crippen LogP contribution in [0.1, 0.15) is 36.3 Å². The monoisotopic (exact) mass is 286 g/mol.